The predicted octanol–water partition coefficient (Wildman–Crippen LogP) is 4.03. The van der Waals surface area contributed by atoms with Crippen LogP contribution in [0.1, 0.15) is 38.8 Å². The average molecular weight is 455 g/mol. The average Bonchev–Trinajstić information content (AvgIpc) is 3.60. The maximum Gasteiger partial charge on any atom is 0.229 e. The Hall–Kier alpha value is -3.52. The Bertz CT molecular complexity index is 1300. The molecule has 4 aromatic rings. The van der Waals surface area contributed by atoms with Crippen LogP contribution in [-0.4, -0.2) is 60.7 Å². The molecular weight excluding hydrogens is 424 g/mol. The smallest absolute Gasteiger partial charge is 0.229 e. The second-order valence-electron chi connectivity index (χ2n) is 9.66. The second kappa shape index (κ2) is 8.36. The molecule has 2 fully saturated rings. The zero-order valence-corrected chi connectivity index (χ0v) is 19.8. The van der Waals surface area contributed by atoms with Gasteiger partial charge in [-0.15, -0.1) is 0 Å². The molecule has 8 nitrogen and oxygen atoms in total. The van der Waals surface area contributed by atoms with Crippen LogP contribution >= 0.6 is 0 Å². The van der Waals surface area contributed by atoms with E-state index < -0.39 is 0 Å². The van der Waals surface area contributed by atoms with Gasteiger partial charge in [-0.1, -0.05) is 30.3 Å². The van der Waals surface area contributed by atoms with Crippen molar-refractivity contribution >= 4 is 17.4 Å². The fourth-order valence-corrected chi connectivity index (χ4v) is 5.44. The summed E-state index contributed by atoms with van der Waals surface area (Å²) in [6.45, 7) is 8.77. The van der Waals surface area contributed by atoms with E-state index in [0.29, 0.717) is 18.1 Å². The van der Waals surface area contributed by atoms with Crippen LogP contribution in [0.3, 0.4) is 0 Å². The molecule has 5 heterocycles. The van der Waals surface area contributed by atoms with Gasteiger partial charge in [-0.3, -0.25) is 4.90 Å². The topological polar surface area (TPSA) is 74.5 Å². The van der Waals surface area contributed by atoms with Gasteiger partial charge in [-0.25, -0.2) is 15.0 Å². The molecule has 2 aliphatic rings. The Labute approximate surface area is 199 Å². The third kappa shape index (κ3) is 3.68. The van der Waals surface area contributed by atoms with E-state index in [1.165, 1.54) is 12.0 Å². The number of rotatable bonds is 6. The lowest BCUT2D eigenvalue weighted by atomic mass is 10.1. The molecule has 3 atom stereocenters. The van der Waals surface area contributed by atoms with Crippen LogP contribution in [-0.2, 0) is 0 Å². The Morgan fingerprint density at radius 2 is 1.82 bits per heavy atom. The number of anilines is 2. The van der Waals surface area contributed by atoms with Crippen molar-refractivity contribution in [1.82, 2.24) is 29.5 Å². The summed E-state index contributed by atoms with van der Waals surface area (Å²) >= 11 is 0. The van der Waals surface area contributed by atoms with Crippen molar-refractivity contribution in [1.29, 1.82) is 0 Å². The normalized spacial score (nSPS) is 21.0. The second-order valence-corrected chi connectivity index (χ2v) is 9.66. The van der Waals surface area contributed by atoms with E-state index in [1.54, 1.807) is 6.33 Å². The monoisotopic (exact) mass is 454 g/mol. The lowest BCUT2D eigenvalue weighted by molar-refractivity contribution is 0.190. The standard InChI is InChI=1S/C26H30N8/c1-17(2)32-14-22-12-21(32)15-33(22)26-31-23(13-25-28-16-29-34(25)26)20-9-10-27-24(11-20)30-18(3)19-7-5-4-6-8-19/h4-11,13,16-18,21-22H,12,14-15H2,1-3H3,(H,27,30)/t18-,21?,22?/m0/s1. The molecule has 34 heavy (non-hydrogen) atoms. The molecule has 2 bridgehead atoms. The molecule has 0 saturated carbocycles. The van der Waals surface area contributed by atoms with Gasteiger partial charge in [0.05, 0.1) is 5.69 Å². The molecule has 6 rings (SSSR count). The van der Waals surface area contributed by atoms with Gasteiger partial charge in [-0.05, 0) is 44.9 Å². The molecule has 174 valence electrons. The van der Waals surface area contributed by atoms with Crippen molar-refractivity contribution in [3.05, 3.63) is 66.6 Å². The van der Waals surface area contributed by atoms with Crippen LogP contribution < -0.4 is 10.2 Å². The third-order valence-corrected chi connectivity index (χ3v) is 7.17. The van der Waals surface area contributed by atoms with E-state index in [1.807, 2.05) is 28.9 Å². The van der Waals surface area contributed by atoms with Gasteiger partial charge in [0, 0.05) is 55.1 Å². The first-order valence-corrected chi connectivity index (χ1v) is 12.1. The quantitative estimate of drug-likeness (QED) is 0.471. The highest BCUT2D eigenvalue weighted by molar-refractivity contribution is 5.68. The van der Waals surface area contributed by atoms with E-state index in [2.05, 4.69) is 81.3 Å². The lowest BCUT2D eigenvalue weighted by Gasteiger charge is -2.36. The van der Waals surface area contributed by atoms with Gasteiger partial charge in [0.1, 0.15) is 12.1 Å². The molecule has 1 N–H and O–H groups in total. The maximum absolute atomic E-state index is 5.10. The molecular formula is C26H30N8. The Kier molecular flexibility index (Phi) is 5.17. The van der Waals surface area contributed by atoms with E-state index in [4.69, 9.17) is 4.98 Å². The zero-order chi connectivity index (χ0) is 23.2. The highest BCUT2D eigenvalue weighted by Crippen LogP contribution is 2.36. The summed E-state index contributed by atoms with van der Waals surface area (Å²) in [6.07, 6.45) is 4.63. The predicted molar refractivity (Wildman–Crippen MR) is 134 cm³/mol. The fourth-order valence-electron chi connectivity index (χ4n) is 5.44. The summed E-state index contributed by atoms with van der Waals surface area (Å²) in [5, 5.41) is 8.01. The Morgan fingerprint density at radius 3 is 2.59 bits per heavy atom. The Balaban J connectivity index is 1.31. The SMILES string of the molecule is CC(C)N1CC2CC1CN2c1nc(-c2ccnc(N[C@@H](C)c3ccccc3)c2)cc2ncnn12. The summed E-state index contributed by atoms with van der Waals surface area (Å²) in [7, 11) is 0. The molecule has 0 aliphatic carbocycles. The van der Waals surface area contributed by atoms with E-state index in [9.17, 15) is 0 Å². The number of hydrogen-bond donors (Lipinski definition) is 1. The number of pyridine rings is 1. The van der Waals surface area contributed by atoms with E-state index in [-0.39, 0.29) is 6.04 Å². The highest BCUT2D eigenvalue weighted by atomic mass is 15.5. The maximum atomic E-state index is 5.10. The highest BCUT2D eigenvalue weighted by Gasteiger charge is 2.45. The van der Waals surface area contributed by atoms with Gasteiger partial charge in [0.25, 0.3) is 0 Å². The molecule has 2 aliphatic heterocycles. The molecule has 0 spiro atoms. The lowest BCUT2D eigenvalue weighted by Crippen LogP contribution is -2.49. The van der Waals surface area contributed by atoms with Crippen molar-refractivity contribution in [2.24, 2.45) is 0 Å². The summed E-state index contributed by atoms with van der Waals surface area (Å²) in [4.78, 5) is 19.2. The van der Waals surface area contributed by atoms with Crippen molar-refractivity contribution in [3.63, 3.8) is 0 Å². The van der Waals surface area contributed by atoms with Crippen molar-refractivity contribution in [3.8, 4) is 11.3 Å². The minimum atomic E-state index is 0.149. The number of nitrogens with zero attached hydrogens (tertiary/aromatic N) is 7. The van der Waals surface area contributed by atoms with E-state index >= 15 is 0 Å². The van der Waals surface area contributed by atoms with Gasteiger partial charge < -0.3 is 10.2 Å². The molecule has 0 radical (unpaired) electrons. The Morgan fingerprint density at radius 1 is 0.971 bits per heavy atom. The molecule has 0 amide bonds. The number of nitrogens with one attached hydrogen (secondary N) is 1. The first-order chi connectivity index (χ1) is 16.6. The van der Waals surface area contributed by atoms with Crippen LogP contribution in [0, 0.1) is 0 Å². The first-order valence-electron chi connectivity index (χ1n) is 12.1. The van der Waals surface area contributed by atoms with Gasteiger partial charge in [-0.2, -0.15) is 9.61 Å². The zero-order valence-electron chi connectivity index (χ0n) is 19.8. The number of benzene rings is 1. The minimum Gasteiger partial charge on any atom is -0.364 e. The molecule has 2 saturated heterocycles. The van der Waals surface area contributed by atoms with Crippen molar-refractivity contribution < 1.29 is 0 Å². The molecule has 2 unspecified atom stereocenters. The number of hydrogen-bond acceptors (Lipinski definition) is 7. The van der Waals surface area contributed by atoms with Crippen LogP contribution in [0.25, 0.3) is 16.9 Å². The molecule has 1 aromatic carbocycles. The van der Waals surface area contributed by atoms with E-state index in [0.717, 1.165) is 41.8 Å². The summed E-state index contributed by atoms with van der Waals surface area (Å²) in [5.74, 6) is 1.70. The largest absolute Gasteiger partial charge is 0.364 e. The van der Waals surface area contributed by atoms with Crippen LogP contribution in [0.2, 0.25) is 0 Å². The van der Waals surface area contributed by atoms with Crippen molar-refractivity contribution in [2.75, 3.05) is 23.3 Å². The minimum absolute atomic E-state index is 0.149. The number of aromatic nitrogens is 5. The first kappa shape index (κ1) is 21.0. The number of fused-ring (bicyclic) bond motifs is 3. The van der Waals surface area contributed by atoms with Crippen LogP contribution in [0.5, 0.6) is 0 Å². The fraction of sp³-hybridized carbons (Fsp3) is 0.385. The molecule has 8 heteroatoms. The number of likely N-dealkylation sites (tertiary alicyclic amines) is 1. The summed E-state index contributed by atoms with van der Waals surface area (Å²) < 4.78 is 1.88. The van der Waals surface area contributed by atoms with Gasteiger partial charge in [0.2, 0.25) is 5.95 Å². The summed E-state index contributed by atoms with van der Waals surface area (Å²) in [6, 6.07) is 18.2. The van der Waals surface area contributed by atoms with Crippen molar-refractivity contribution in [2.45, 2.75) is 51.4 Å². The summed E-state index contributed by atoms with van der Waals surface area (Å²) in [5.41, 5.74) is 3.93. The van der Waals surface area contributed by atoms with Gasteiger partial charge in [0.15, 0.2) is 5.65 Å². The number of piperazine rings is 1. The van der Waals surface area contributed by atoms with Gasteiger partial charge >= 0.3 is 0 Å². The van der Waals surface area contributed by atoms with Crippen LogP contribution in [0.15, 0.2) is 61.1 Å². The molecule has 3 aromatic heterocycles. The third-order valence-electron chi connectivity index (χ3n) is 7.17. The van der Waals surface area contributed by atoms with Crippen LogP contribution in [0.4, 0.5) is 11.8 Å².